The number of amides is 1. The Balaban J connectivity index is 1.93. The van der Waals surface area contributed by atoms with E-state index in [-0.39, 0.29) is 5.91 Å². The summed E-state index contributed by atoms with van der Waals surface area (Å²) in [5.74, 6) is -0.430. The number of esters is 1. The number of nitrogens with one attached hydrogen (secondary N) is 1. The van der Waals surface area contributed by atoms with E-state index in [1.54, 1.807) is 31.2 Å². The van der Waals surface area contributed by atoms with Crippen molar-refractivity contribution < 1.29 is 14.3 Å². The van der Waals surface area contributed by atoms with Gasteiger partial charge in [0, 0.05) is 5.69 Å². The van der Waals surface area contributed by atoms with Crippen molar-refractivity contribution in [2.45, 2.75) is 32.8 Å². The monoisotopic (exact) mass is 311 g/mol. The van der Waals surface area contributed by atoms with E-state index in [0.717, 1.165) is 0 Å². The van der Waals surface area contributed by atoms with E-state index >= 15 is 0 Å². The average Bonchev–Trinajstić information content (AvgIpc) is 2.56. The van der Waals surface area contributed by atoms with Gasteiger partial charge in [-0.3, -0.25) is 4.79 Å². The van der Waals surface area contributed by atoms with E-state index in [2.05, 4.69) is 19.2 Å². The summed E-state index contributed by atoms with van der Waals surface area (Å²) >= 11 is 0. The van der Waals surface area contributed by atoms with E-state index < -0.39 is 12.1 Å². The number of ether oxygens (including phenoxy) is 1. The summed E-state index contributed by atoms with van der Waals surface area (Å²) in [4.78, 5) is 24.0. The highest BCUT2D eigenvalue weighted by Crippen LogP contribution is 2.17. The van der Waals surface area contributed by atoms with E-state index in [9.17, 15) is 9.59 Å². The van der Waals surface area contributed by atoms with Crippen LogP contribution in [0.4, 0.5) is 5.69 Å². The van der Waals surface area contributed by atoms with E-state index in [0.29, 0.717) is 17.2 Å². The molecule has 4 nitrogen and oxygen atoms in total. The van der Waals surface area contributed by atoms with Gasteiger partial charge in [0.15, 0.2) is 6.10 Å². The van der Waals surface area contributed by atoms with E-state index in [1.165, 1.54) is 5.56 Å². The van der Waals surface area contributed by atoms with Crippen molar-refractivity contribution in [1.82, 2.24) is 0 Å². The summed E-state index contributed by atoms with van der Waals surface area (Å²) in [5, 5.41) is 2.75. The van der Waals surface area contributed by atoms with Gasteiger partial charge in [-0.25, -0.2) is 4.79 Å². The van der Waals surface area contributed by atoms with Gasteiger partial charge in [0.05, 0.1) is 5.56 Å². The summed E-state index contributed by atoms with van der Waals surface area (Å²) in [6.45, 7) is 5.77. The fourth-order valence-corrected chi connectivity index (χ4v) is 2.05. The summed E-state index contributed by atoms with van der Waals surface area (Å²) in [6, 6.07) is 16.2. The van der Waals surface area contributed by atoms with Crippen LogP contribution in [0.25, 0.3) is 0 Å². The standard InChI is InChI=1S/C19H21NO3/c1-13(2)15-9-11-17(12-10-15)20-18(21)14(3)23-19(22)16-7-5-4-6-8-16/h4-14H,1-3H3,(H,20,21)/t14-/m1/s1. The molecule has 2 rings (SSSR count). The average molecular weight is 311 g/mol. The molecule has 120 valence electrons. The molecule has 0 saturated heterocycles. The molecule has 0 aromatic heterocycles. The first-order valence-corrected chi connectivity index (χ1v) is 7.64. The van der Waals surface area contributed by atoms with Gasteiger partial charge >= 0.3 is 5.97 Å². The molecule has 4 heteroatoms. The van der Waals surface area contributed by atoms with Gasteiger partial charge in [-0.2, -0.15) is 0 Å². The van der Waals surface area contributed by atoms with Crippen LogP contribution in [0.1, 0.15) is 42.6 Å². The number of rotatable bonds is 5. The molecule has 0 radical (unpaired) electrons. The first-order valence-electron chi connectivity index (χ1n) is 7.64. The second-order valence-corrected chi connectivity index (χ2v) is 5.68. The molecule has 2 aromatic carbocycles. The maximum absolute atomic E-state index is 12.1. The van der Waals surface area contributed by atoms with Crippen LogP contribution in [-0.4, -0.2) is 18.0 Å². The second-order valence-electron chi connectivity index (χ2n) is 5.68. The number of hydrogen-bond acceptors (Lipinski definition) is 3. The Morgan fingerprint density at radius 2 is 1.52 bits per heavy atom. The Bertz CT molecular complexity index is 663. The number of anilines is 1. The molecule has 0 bridgehead atoms. The Morgan fingerprint density at radius 1 is 0.913 bits per heavy atom. The predicted molar refractivity (Wildman–Crippen MR) is 90.5 cm³/mol. The van der Waals surface area contributed by atoms with Crippen LogP contribution in [0.2, 0.25) is 0 Å². The van der Waals surface area contributed by atoms with Crippen molar-refractivity contribution in [3.8, 4) is 0 Å². The molecule has 0 spiro atoms. The van der Waals surface area contributed by atoms with Gasteiger partial charge in [0.2, 0.25) is 0 Å². The topological polar surface area (TPSA) is 55.4 Å². The third-order valence-electron chi connectivity index (χ3n) is 3.51. The third-order valence-corrected chi connectivity index (χ3v) is 3.51. The van der Waals surface area contributed by atoms with Gasteiger partial charge in [-0.15, -0.1) is 0 Å². The molecule has 0 aliphatic rings. The Kier molecular flexibility index (Phi) is 5.52. The van der Waals surface area contributed by atoms with Crippen molar-refractivity contribution in [2.24, 2.45) is 0 Å². The summed E-state index contributed by atoms with van der Waals surface area (Å²) in [7, 11) is 0. The van der Waals surface area contributed by atoms with Crippen molar-refractivity contribution in [3.05, 3.63) is 65.7 Å². The molecule has 0 unspecified atom stereocenters. The summed E-state index contributed by atoms with van der Waals surface area (Å²) < 4.78 is 5.18. The lowest BCUT2D eigenvalue weighted by atomic mass is 10.0. The lowest BCUT2D eigenvalue weighted by molar-refractivity contribution is -0.123. The summed E-state index contributed by atoms with van der Waals surface area (Å²) in [5.41, 5.74) is 2.31. The largest absolute Gasteiger partial charge is 0.449 e. The minimum atomic E-state index is -0.868. The predicted octanol–water partition coefficient (Wildman–Crippen LogP) is 3.99. The fraction of sp³-hybridized carbons (Fsp3) is 0.263. The molecule has 0 aliphatic heterocycles. The zero-order valence-electron chi connectivity index (χ0n) is 13.6. The number of benzene rings is 2. The van der Waals surface area contributed by atoms with Crippen LogP contribution in [0.15, 0.2) is 54.6 Å². The quantitative estimate of drug-likeness (QED) is 0.849. The number of hydrogen-bond donors (Lipinski definition) is 1. The third kappa shape index (κ3) is 4.68. The zero-order valence-corrected chi connectivity index (χ0v) is 13.6. The Morgan fingerprint density at radius 3 is 2.09 bits per heavy atom. The minimum Gasteiger partial charge on any atom is -0.449 e. The van der Waals surface area contributed by atoms with Gasteiger partial charge in [-0.05, 0) is 42.7 Å². The van der Waals surface area contributed by atoms with Crippen LogP contribution in [0.5, 0.6) is 0 Å². The van der Waals surface area contributed by atoms with Gasteiger partial charge in [-0.1, -0.05) is 44.2 Å². The molecular formula is C19H21NO3. The molecule has 0 fully saturated rings. The second kappa shape index (κ2) is 7.58. The van der Waals surface area contributed by atoms with Crippen LogP contribution in [-0.2, 0) is 9.53 Å². The van der Waals surface area contributed by atoms with Crippen LogP contribution in [0, 0.1) is 0 Å². The minimum absolute atomic E-state index is 0.355. The first kappa shape index (κ1) is 16.7. The van der Waals surface area contributed by atoms with Gasteiger partial charge < -0.3 is 10.1 Å². The summed E-state index contributed by atoms with van der Waals surface area (Å²) in [6.07, 6.45) is -0.868. The smallest absolute Gasteiger partial charge is 0.338 e. The lowest BCUT2D eigenvalue weighted by Crippen LogP contribution is -2.30. The molecule has 1 N–H and O–H groups in total. The molecule has 1 amide bonds. The van der Waals surface area contributed by atoms with Crippen LogP contribution >= 0.6 is 0 Å². The number of carbonyl (C=O) groups excluding carboxylic acids is 2. The van der Waals surface area contributed by atoms with Gasteiger partial charge in [0.25, 0.3) is 5.91 Å². The van der Waals surface area contributed by atoms with E-state index in [4.69, 9.17) is 4.74 Å². The molecule has 0 aliphatic carbocycles. The Labute approximate surface area is 136 Å². The molecule has 2 aromatic rings. The van der Waals surface area contributed by atoms with Crippen molar-refractivity contribution in [2.75, 3.05) is 5.32 Å². The van der Waals surface area contributed by atoms with E-state index in [1.807, 2.05) is 30.3 Å². The van der Waals surface area contributed by atoms with Gasteiger partial charge in [0.1, 0.15) is 0 Å². The molecule has 23 heavy (non-hydrogen) atoms. The highest BCUT2D eigenvalue weighted by molar-refractivity contribution is 5.97. The maximum Gasteiger partial charge on any atom is 0.338 e. The van der Waals surface area contributed by atoms with Crippen LogP contribution < -0.4 is 5.32 Å². The van der Waals surface area contributed by atoms with Crippen LogP contribution in [0.3, 0.4) is 0 Å². The van der Waals surface area contributed by atoms with Crippen molar-refractivity contribution in [1.29, 1.82) is 0 Å². The Hall–Kier alpha value is -2.62. The highest BCUT2D eigenvalue weighted by Gasteiger charge is 2.18. The number of carbonyl (C=O) groups is 2. The zero-order chi connectivity index (χ0) is 16.8. The fourth-order valence-electron chi connectivity index (χ4n) is 2.05. The normalized spacial score (nSPS) is 11.8. The highest BCUT2D eigenvalue weighted by atomic mass is 16.5. The van der Waals surface area contributed by atoms with Crippen molar-refractivity contribution >= 4 is 17.6 Å². The first-order chi connectivity index (χ1) is 11.0. The SMILES string of the molecule is CC(C)c1ccc(NC(=O)[C@@H](C)OC(=O)c2ccccc2)cc1. The van der Waals surface area contributed by atoms with Crippen molar-refractivity contribution in [3.63, 3.8) is 0 Å². The maximum atomic E-state index is 12.1. The molecule has 0 heterocycles. The molecular weight excluding hydrogens is 290 g/mol. The molecule has 0 saturated carbocycles. The molecule has 1 atom stereocenters. The lowest BCUT2D eigenvalue weighted by Gasteiger charge is -2.14.